The van der Waals surface area contributed by atoms with E-state index in [1.807, 2.05) is 48.5 Å². The summed E-state index contributed by atoms with van der Waals surface area (Å²) in [6.45, 7) is 18.4. The number of carbonyl (C=O) groups excluding carboxylic acids is 3. The molecule has 4 aromatic carbocycles. The second kappa shape index (κ2) is 43.5. The zero-order chi connectivity index (χ0) is 58.7. The minimum atomic E-state index is -0.831. The first-order valence-corrected chi connectivity index (χ1v) is 30.7. The Morgan fingerprint density at radius 2 is 0.926 bits per heavy atom. The van der Waals surface area contributed by atoms with E-state index in [9.17, 15) is 24.3 Å². The summed E-state index contributed by atoms with van der Waals surface area (Å²) in [4.78, 5) is 44.6. The molecule has 2 N–H and O–H groups in total. The number of ether oxygens (including phenoxy) is 5. The van der Waals surface area contributed by atoms with Crippen molar-refractivity contribution in [3.8, 4) is 23.0 Å². The highest BCUT2D eigenvalue weighted by Gasteiger charge is 2.23. The summed E-state index contributed by atoms with van der Waals surface area (Å²) < 4.78 is 26.4. The fourth-order valence-electron chi connectivity index (χ4n) is 10.2. The van der Waals surface area contributed by atoms with Crippen LogP contribution in [-0.2, 0) is 41.5 Å². The lowest BCUT2D eigenvalue weighted by Crippen LogP contribution is -2.13. The third-order valence-electron chi connectivity index (χ3n) is 15.0. The van der Waals surface area contributed by atoms with Gasteiger partial charge in [-0.3, -0.25) is 9.59 Å². The van der Waals surface area contributed by atoms with E-state index in [4.69, 9.17) is 28.8 Å². The molecule has 0 unspecified atom stereocenters. The van der Waals surface area contributed by atoms with Crippen LogP contribution >= 0.6 is 0 Å². The monoisotopic (exact) mass is 1120 g/mol. The number of hydrogen-bond donors (Lipinski definition) is 2. The van der Waals surface area contributed by atoms with Crippen molar-refractivity contribution in [2.75, 3.05) is 26.4 Å². The summed E-state index contributed by atoms with van der Waals surface area (Å²) >= 11 is 0. The molecule has 2 fully saturated rings. The molecule has 0 atom stereocenters. The molecular weight excluding hydrogens is 1020 g/mol. The maximum atomic E-state index is 12.4. The molecule has 0 heterocycles. The van der Waals surface area contributed by atoms with Crippen molar-refractivity contribution >= 4 is 23.9 Å². The highest BCUT2D eigenvalue weighted by atomic mass is 16.5. The number of aliphatic carboxylic acids is 1. The van der Waals surface area contributed by atoms with E-state index in [1.54, 1.807) is 24.3 Å². The quantitative estimate of drug-likeness (QED) is 0.0208. The van der Waals surface area contributed by atoms with Gasteiger partial charge in [0, 0.05) is 38.2 Å². The number of benzene rings is 4. The number of aryl methyl sites for hydroxylation is 2. The van der Waals surface area contributed by atoms with Gasteiger partial charge in [0.15, 0.2) is 0 Å². The zero-order valence-electron chi connectivity index (χ0n) is 49.9. The Morgan fingerprint density at radius 3 is 1.40 bits per heavy atom. The number of hydrogen-bond acceptors (Lipinski definition) is 10. The number of phenols is 1. The van der Waals surface area contributed by atoms with Crippen molar-refractivity contribution in [2.24, 2.45) is 11.8 Å². The van der Waals surface area contributed by atoms with Gasteiger partial charge in [-0.15, -0.1) is 0 Å². The van der Waals surface area contributed by atoms with Crippen LogP contribution in [-0.4, -0.2) is 60.5 Å². The van der Waals surface area contributed by atoms with Crippen LogP contribution in [0.1, 0.15) is 216 Å². The average molecular weight is 1120 g/mol. The van der Waals surface area contributed by atoms with Crippen LogP contribution in [0.5, 0.6) is 23.0 Å². The molecular formula is C70H100O11. The number of aromatic hydroxyl groups is 1. The molecule has 2 saturated carbocycles. The fourth-order valence-corrected chi connectivity index (χ4v) is 10.2. The minimum Gasteiger partial charge on any atom is -0.508 e. The van der Waals surface area contributed by atoms with Gasteiger partial charge in [0.25, 0.3) is 0 Å². The van der Waals surface area contributed by atoms with E-state index < -0.39 is 11.9 Å². The summed E-state index contributed by atoms with van der Waals surface area (Å²) in [7, 11) is 0. The highest BCUT2D eigenvalue weighted by Crippen LogP contribution is 2.39. The molecule has 0 radical (unpaired) electrons. The van der Waals surface area contributed by atoms with Gasteiger partial charge in [0.2, 0.25) is 0 Å². The van der Waals surface area contributed by atoms with E-state index in [1.165, 1.54) is 120 Å². The molecule has 11 nitrogen and oxygen atoms in total. The average Bonchev–Trinajstić information content (AvgIpc) is 3.49. The Kier molecular flexibility index (Phi) is 37.1. The number of unbranched alkanes of at least 4 members (excludes halogenated alkanes) is 7. The molecule has 0 aromatic heterocycles. The zero-order valence-corrected chi connectivity index (χ0v) is 49.9. The standard InChI is InChI=1S/C35H48O5.C17H26O.C12H12O4.C6H14O/c1-3-5-8-11-28-12-17-30(18-13-28)31-19-23-33(24-20-31)40-35(37)25-16-29-14-21-32(22-15-29)38-26-9-6-7-10-27-39-34(36)4-2;1-2-3-4-5-14-6-8-15(9-7-14)16-10-12-17(18)13-11-16;1-2-12(15)16-10-6-3-9(4-7-10)5-8-11(13)14;1-3-5-7-6-4-2/h4,14-15,19-24,28,30H,2-3,5-13,16-18,25-27H2,1H3;10-15,18H,2-9H2,1H3;2-4,6-7H,1,5,8H2,(H,13,14);3-6H2,1-2H3. The van der Waals surface area contributed by atoms with E-state index in [0.717, 1.165) is 92.4 Å². The van der Waals surface area contributed by atoms with Crippen LogP contribution in [0.3, 0.4) is 0 Å². The van der Waals surface area contributed by atoms with E-state index in [0.29, 0.717) is 55.6 Å². The summed E-state index contributed by atoms with van der Waals surface area (Å²) in [6, 6.07) is 30.6. The summed E-state index contributed by atoms with van der Waals surface area (Å²) in [6.07, 6.45) is 31.6. The Labute approximate surface area is 487 Å². The first kappa shape index (κ1) is 69.1. The molecule has 4 aromatic rings. The molecule has 0 saturated heterocycles. The van der Waals surface area contributed by atoms with Crippen molar-refractivity contribution in [2.45, 2.75) is 206 Å². The second-order valence-electron chi connectivity index (χ2n) is 21.6. The lowest BCUT2D eigenvalue weighted by atomic mass is 9.77. The van der Waals surface area contributed by atoms with Gasteiger partial charge < -0.3 is 33.9 Å². The molecule has 0 aliphatic heterocycles. The number of carboxylic acid groups (broad SMARTS) is 1. The smallest absolute Gasteiger partial charge is 0.335 e. The SMILES string of the molecule is C=CC(=O)OCCCCCCOc1ccc(CCC(=O)Oc2ccc(C3CCC(CCCCC)CC3)cc2)cc1.C=CC(=O)Oc1ccc(CCC(=O)O)cc1.CCCCCC1CCC(c2ccc(O)cc2)CC1.CCCOCCC. The Morgan fingerprint density at radius 1 is 0.481 bits per heavy atom. The largest absolute Gasteiger partial charge is 0.508 e. The van der Waals surface area contributed by atoms with Crippen LogP contribution in [0, 0.1) is 11.8 Å². The Bertz CT molecular complexity index is 2290. The van der Waals surface area contributed by atoms with Gasteiger partial charge in [-0.2, -0.15) is 0 Å². The van der Waals surface area contributed by atoms with E-state index >= 15 is 0 Å². The fraction of sp³-hybridized carbons (Fsp3) is 0.543. The molecule has 2 aliphatic carbocycles. The lowest BCUT2D eigenvalue weighted by Gasteiger charge is -2.29. The topological polar surface area (TPSA) is 155 Å². The van der Waals surface area contributed by atoms with Crippen LogP contribution in [0.15, 0.2) is 122 Å². The van der Waals surface area contributed by atoms with Gasteiger partial charge >= 0.3 is 23.9 Å². The number of phenolic OH excluding ortho intramolecular Hbond substituents is 1. The first-order chi connectivity index (χ1) is 39.4. The van der Waals surface area contributed by atoms with Crippen molar-refractivity contribution in [3.63, 3.8) is 0 Å². The number of carbonyl (C=O) groups is 4. The maximum absolute atomic E-state index is 12.4. The maximum Gasteiger partial charge on any atom is 0.335 e. The first-order valence-electron chi connectivity index (χ1n) is 30.7. The lowest BCUT2D eigenvalue weighted by molar-refractivity contribution is -0.138. The van der Waals surface area contributed by atoms with Crippen LogP contribution in [0.25, 0.3) is 0 Å². The molecule has 0 amide bonds. The predicted molar refractivity (Wildman–Crippen MR) is 327 cm³/mol. The van der Waals surface area contributed by atoms with Crippen molar-refractivity contribution in [1.29, 1.82) is 0 Å². The molecule has 0 spiro atoms. The van der Waals surface area contributed by atoms with E-state index in [2.05, 4.69) is 65.1 Å². The van der Waals surface area contributed by atoms with Crippen molar-refractivity contribution in [3.05, 3.63) is 145 Å². The van der Waals surface area contributed by atoms with Gasteiger partial charge in [-0.25, -0.2) is 9.59 Å². The van der Waals surface area contributed by atoms with Crippen LogP contribution < -0.4 is 14.2 Å². The molecule has 2 aliphatic rings. The molecule has 11 heteroatoms. The summed E-state index contributed by atoms with van der Waals surface area (Å²) in [5, 5.41) is 17.8. The molecule has 0 bridgehead atoms. The molecule has 446 valence electrons. The number of rotatable bonds is 32. The van der Waals surface area contributed by atoms with Crippen molar-refractivity contribution < 1.29 is 53.1 Å². The van der Waals surface area contributed by atoms with Gasteiger partial charge in [-0.05, 0) is 197 Å². The predicted octanol–water partition coefficient (Wildman–Crippen LogP) is 17.6. The Balaban J connectivity index is 0.000000343. The van der Waals surface area contributed by atoms with Gasteiger partial charge in [0.05, 0.1) is 13.2 Å². The Hall–Kier alpha value is -6.20. The van der Waals surface area contributed by atoms with Crippen molar-refractivity contribution in [1.82, 2.24) is 0 Å². The summed E-state index contributed by atoms with van der Waals surface area (Å²) in [5.41, 5.74) is 4.76. The molecule has 6 rings (SSSR count). The van der Waals surface area contributed by atoms with Crippen LogP contribution in [0.2, 0.25) is 0 Å². The van der Waals surface area contributed by atoms with Gasteiger partial charge in [0.1, 0.15) is 23.0 Å². The third kappa shape index (κ3) is 32.1. The number of carboxylic acids is 1. The molecule has 81 heavy (non-hydrogen) atoms. The second-order valence-corrected chi connectivity index (χ2v) is 21.6. The normalized spacial score (nSPS) is 16.3. The van der Waals surface area contributed by atoms with Gasteiger partial charge in [-0.1, -0.05) is 141 Å². The summed E-state index contributed by atoms with van der Waals surface area (Å²) in [5.74, 6) is 3.60. The number of esters is 3. The highest BCUT2D eigenvalue weighted by molar-refractivity contribution is 5.83. The van der Waals surface area contributed by atoms with E-state index in [-0.39, 0.29) is 18.4 Å². The van der Waals surface area contributed by atoms with Crippen LogP contribution in [0.4, 0.5) is 0 Å². The minimum absolute atomic E-state index is 0.0891. The third-order valence-corrected chi connectivity index (χ3v) is 15.0.